The molecule has 0 aliphatic carbocycles. The van der Waals surface area contributed by atoms with Gasteiger partial charge in [-0.3, -0.25) is 14.4 Å². The number of thiophene rings is 1. The molecule has 7 heteroatoms. The molecule has 6 nitrogen and oxygen atoms in total. The Morgan fingerprint density at radius 3 is 1.96 bits per heavy atom. The third kappa shape index (κ3) is 5.28. The number of carbonyl (C=O) groups excluding carboxylic acids is 3. The van der Waals surface area contributed by atoms with Gasteiger partial charge in [0.05, 0.1) is 4.88 Å². The Morgan fingerprint density at radius 2 is 1.32 bits per heavy atom. The maximum absolute atomic E-state index is 12.2. The SMILES string of the molecule is O=C(NCCNC(=O)c1cccs1)c1ccc(NC(=O)c2ccccc2)cc1. The normalized spacial score (nSPS) is 10.1. The Hall–Kier alpha value is -3.45. The van der Waals surface area contributed by atoms with Crippen LogP contribution in [-0.2, 0) is 0 Å². The van der Waals surface area contributed by atoms with E-state index in [9.17, 15) is 14.4 Å². The predicted molar refractivity (Wildman–Crippen MR) is 110 cm³/mol. The standard InChI is InChI=1S/C21H19N3O3S/c25-19(22-12-13-23-21(27)18-7-4-14-28-18)16-8-10-17(11-9-16)24-20(26)15-5-2-1-3-6-15/h1-11,14H,12-13H2,(H,22,25)(H,23,27)(H,24,26). The van der Waals surface area contributed by atoms with E-state index in [1.54, 1.807) is 54.6 Å². The molecule has 3 aromatic rings. The van der Waals surface area contributed by atoms with E-state index in [1.165, 1.54) is 11.3 Å². The van der Waals surface area contributed by atoms with Gasteiger partial charge < -0.3 is 16.0 Å². The molecule has 0 saturated carbocycles. The molecule has 1 heterocycles. The van der Waals surface area contributed by atoms with Gasteiger partial charge in [-0.15, -0.1) is 11.3 Å². The van der Waals surface area contributed by atoms with Crippen molar-refractivity contribution < 1.29 is 14.4 Å². The Morgan fingerprint density at radius 1 is 0.679 bits per heavy atom. The summed E-state index contributed by atoms with van der Waals surface area (Å²) in [6.45, 7) is 0.663. The summed E-state index contributed by atoms with van der Waals surface area (Å²) in [6, 6.07) is 19.1. The fourth-order valence-electron chi connectivity index (χ4n) is 2.45. The van der Waals surface area contributed by atoms with Crippen LogP contribution in [0.3, 0.4) is 0 Å². The van der Waals surface area contributed by atoms with Gasteiger partial charge in [0.1, 0.15) is 0 Å². The molecule has 0 bridgehead atoms. The van der Waals surface area contributed by atoms with Gasteiger partial charge in [0.25, 0.3) is 17.7 Å². The number of amides is 3. The Kier molecular flexibility index (Phi) is 6.54. The first-order valence-corrected chi connectivity index (χ1v) is 9.58. The largest absolute Gasteiger partial charge is 0.350 e. The molecule has 2 aromatic carbocycles. The van der Waals surface area contributed by atoms with Gasteiger partial charge in [-0.2, -0.15) is 0 Å². The summed E-state index contributed by atoms with van der Waals surface area (Å²) in [6.07, 6.45) is 0. The molecule has 0 saturated heterocycles. The van der Waals surface area contributed by atoms with Crippen molar-refractivity contribution in [2.75, 3.05) is 18.4 Å². The topological polar surface area (TPSA) is 87.3 Å². The van der Waals surface area contributed by atoms with Crippen molar-refractivity contribution in [3.63, 3.8) is 0 Å². The highest BCUT2D eigenvalue weighted by molar-refractivity contribution is 7.12. The van der Waals surface area contributed by atoms with E-state index in [2.05, 4.69) is 16.0 Å². The number of carbonyl (C=O) groups is 3. The van der Waals surface area contributed by atoms with Gasteiger partial charge in [-0.05, 0) is 47.8 Å². The molecule has 0 fully saturated rings. The smallest absolute Gasteiger partial charge is 0.261 e. The molecule has 3 rings (SSSR count). The second-order valence-electron chi connectivity index (χ2n) is 5.89. The summed E-state index contributed by atoms with van der Waals surface area (Å²) in [4.78, 5) is 36.7. The van der Waals surface area contributed by atoms with Crippen molar-refractivity contribution >= 4 is 34.7 Å². The lowest BCUT2D eigenvalue weighted by Gasteiger charge is -2.08. The van der Waals surface area contributed by atoms with Crippen molar-refractivity contribution in [2.24, 2.45) is 0 Å². The molecule has 0 atom stereocenters. The van der Waals surface area contributed by atoms with Crippen LogP contribution in [0.1, 0.15) is 30.4 Å². The molecular weight excluding hydrogens is 374 g/mol. The van der Waals surface area contributed by atoms with E-state index in [1.807, 2.05) is 17.5 Å². The van der Waals surface area contributed by atoms with Crippen molar-refractivity contribution in [1.29, 1.82) is 0 Å². The van der Waals surface area contributed by atoms with Gasteiger partial charge in [0, 0.05) is 29.9 Å². The first-order valence-electron chi connectivity index (χ1n) is 8.70. The molecule has 3 amide bonds. The van der Waals surface area contributed by atoms with Crippen LogP contribution in [0, 0.1) is 0 Å². The second-order valence-corrected chi connectivity index (χ2v) is 6.83. The summed E-state index contributed by atoms with van der Waals surface area (Å²) in [5, 5.41) is 10.1. The van der Waals surface area contributed by atoms with Gasteiger partial charge >= 0.3 is 0 Å². The number of rotatable bonds is 7. The van der Waals surface area contributed by atoms with E-state index < -0.39 is 0 Å². The van der Waals surface area contributed by atoms with Gasteiger partial charge in [-0.1, -0.05) is 24.3 Å². The molecule has 1 aromatic heterocycles. The number of nitrogens with one attached hydrogen (secondary N) is 3. The van der Waals surface area contributed by atoms with Gasteiger partial charge in [-0.25, -0.2) is 0 Å². The molecule has 0 unspecified atom stereocenters. The van der Waals surface area contributed by atoms with Crippen LogP contribution in [0.5, 0.6) is 0 Å². The van der Waals surface area contributed by atoms with Crippen LogP contribution in [0.25, 0.3) is 0 Å². The third-order valence-electron chi connectivity index (χ3n) is 3.88. The van der Waals surface area contributed by atoms with Crippen LogP contribution in [0.4, 0.5) is 5.69 Å². The van der Waals surface area contributed by atoms with Crippen molar-refractivity contribution in [3.05, 3.63) is 88.1 Å². The van der Waals surface area contributed by atoms with Crippen LogP contribution in [0.2, 0.25) is 0 Å². The van der Waals surface area contributed by atoms with Crippen LogP contribution in [-0.4, -0.2) is 30.8 Å². The number of hydrogen-bond acceptors (Lipinski definition) is 4. The molecule has 0 aliphatic rings. The van der Waals surface area contributed by atoms with Crippen LogP contribution >= 0.6 is 11.3 Å². The zero-order valence-corrected chi connectivity index (χ0v) is 15.8. The first-order chi connectivity index (χ1) is 13.6. The Balaban J connectivity index is 1.44. The molecular formula is C21H19N3O3S. The minimum atomic E-state index is -0.244. The second kappa shape index (κ2) is 9.48. The summed E-state index contributed by atoms with van der Waals surface area (Å²) in [7, 11) is 0. The summed E-state index contributed by atoms with van der Waals surface area (Å²) >= 11 is 1.37. The van der Waals surface area contributed by atoms with E-state index >= 15 is 0 Å². The van der Waals surface area contributed by atoms with E-state index in [0.29, 0.717) is 34.8 Å². The lowest BCUT2D eigenvalue weighted by molar-refractivity contribution is 0.0929. The molecule has 142 valence electrons. The molecule has 28 heavy (non-hydrogen) atoms. The van der Waals surface area contributed by atoms with Crippen molar-refractivity contribution in [3.8, 4) is 0 Å². The van der Waals surface area contributed by atoms with Crippen molar-refractivity contribution in [1.82, 2.24) is 10.6 Å². The summed E-state index contributed by atoms with van der Waals surface area (Å²) in [5.74, 6) is -0.603. The van der Waals surface area contributed by atoms with Crippen LogP contribution < -0.4 is 16.0 Å². The Bertz CT molecular complexity index is 939. The Labute approximate surface area is 166 Å². The lowest BCUT2D eigenvalue weighted by Crippen LogP contribution is -2.34. The zero-order chi connectivity index (χ0) is 19.8. The molecule has 3 N–H and O–H groups in total. The fraction of sp³-hybridized carbons (Fsp3) is 0.0952. The van der Waals surface area contributed by atoms with E-state index in [0.717, 1.165) is 0 Å². The third-order valence-corrected chi connectivity index (χ3v) is 4.75. The zero-order valence-electron chi connectivity index (χ0n) is 15.0. The number of benzene rings is 2. The molecule has 0 radical (unpaired) electrons. The molecule has 0 aliphatic heterocycles. The number of anilines is 1. The quantitative estimate of drug-likeness (QED) is 0.539. The average molecular weight is 393 g/mol. The van der Waals surface area contributed by atoms with E-state index in [4.69, 9.17) is 0 Å². The average Bonchev–Trinajstić information content (AvgIpc) is 3.27. The minimum Gasteiger partial charge on any atom is -0.350 e. The molecule has 0 spiro atoms. The maximum Gasteiger partial charge on any atom is 0.261 e. The van der Waals surface area contributed by atoms with Crippen molar-refractivity contribution in [2.45, 2.75) is 0 Å². The highest BCUT2D eigenvalue weighted by Gasteiger charge is 2.09. The van der Waals surface area contributed by atoms with E-state index in [-0.39, 0.29) is 17.7 Å². The minimum absolute atomic E-state index is 0.150. The first kappa shape index (κ1) is 19.3. The predicted octanol–water partition coefficient (Wildman–Crippen LogP) is 3.16. The summed E-state index contributed by atoms with van der Waals surface area (Å²) in [5.41, 5.74) is 1.64. The summed E-state index contributed by atoms with van der Waals surface area (Å²) < 4.78 is 0. The highest BCUT2D eigenvalue weighted by atomic mass is 32.1. The van der Waals surface area contributed by atoms with Crippen LogP contribution in [0.15, 0.2) is 72.1 Å². The lowest BCUT2D eigenvalue weighted by atomic mass is 10.1. The van der Waals surface area contributed by atoms with Gasteiger partial charge in [0.15, 0.2) is 0 Å². The highest BCUT2D eigenvalue weighted by Crippen LogP contribution is 2.11. The fourth-order valence-corrected chi connectivity index (χ4v) is 3.09. The van der Waals surface area contributed by atoms with Gasteiger partial charge in [0.2, 0.25) is 0 Å². The number of hydrogen-bond donors (Lipinski definition) is 3. The maximum atomic E-state index is 12.2. The monoisotopic (exact) mass is 393 g/mol.